The Kier molecular flexibility index (Phi) is 5.93. The molecule has 2 heterocycles. The first-order chi connectivity index (χ1) is 13.4. The van der Waals surface area contributed by atoms with Crippen molar-refractivity contribution in [2.45, 2.75) is 26.3 Å². The number of benzene rings is 1. The number of amides is 2. The fourth-order valence-electron chi connectivity index (χ4n) is 2.90. The number of halogens is 1. The van der Waals surface area contributed by atoms with Crippen molar-refractivity contribution in [1.29, 1.82) is 0 Å². The largest absolute Gasteiger partial charge is 0.340 e. The second kappa shape index (κ2) is 8.56. The molecule has 6 nitrogen and oxygen atoms in total. The number of hydrogen-bond donors (Lipinski definition) is 2. The molecule has 2 aromatic heterocycles. The molecule has 0 aliphatic heterocycles. The van der Waals surface area contributed by atoms with Gasteiger partial charge in [-0.2, -0.15) is 0 Å². The van der Waals surface area contributed by atoms with Crippen molar-refractivity contribution >= 4 is 28.3 Å². The summed E-state index contributed by atoms with van der Waals surface area (Å²) in [6.45, 7) is 3.94. The Hall–Kier alpha value is -3.35. The Labute approximate surface area is 162 Å². The number of pyridine rings is 2. The van der Waals surface area contributed by atoms with Crippen LogP contribution in [-0.2, 0) is 4.79 Å². The van der Waals surface area contributed by atoms with E-state index in [2.05, 4.69) is 20.6 Å². The van der Waals surface area contributed by atoms with Gasteiger partial charge >= 0.3 is 0 Å². The molecule has 3 rings (SSSR count). The maximum Gasteiger partial charge on any atom is 0.254 e. The van der Waals surface area contributed by atoms with Gasteiger partial charge in [0.2, 0.25) is 5.91 Å². The molecule has 0 saturated heterocycles. The topological polar surface area (TPSA) is 84.0 Å². The third-order valence-corrected chi connectivity index (χ3v) is 4.24. The number of aromatic nitrogens is 2. The third kappa shape index (κ3) is 4.68. The summed E-state index contributed by atoms with van der Waals surface area (Å²) in [4.78, 5) is 33.7. The van der Waals surface area contributed by atoms with Crippen molar-refractivity contribution in [2.75, 3.05) is 5.32 Å². The number of carbonyl (C=O) groups is 2. The van der Waals surface area contributed by atoms with Crippen LogP contribution in [-0.4, -0.2) is 27.8 Å². The molecule has 0 fully saturated rings. The van der Waals surface area contributed by atoms with E-state index in [-0.39, 0.29) is 23.5 Å². The fourth-order valence-corrected chi connectivity index (χ4v) is 2.90. The quantitative estimate of drug-likeness (QED) is 0.685. The molecule has 0 aliphatic carbocycles. The lowest BCUT2D eigenvalue weighted by molar-refractivity contribution is -0.118. The van der Waals surface area contributed by atoms with E-state index in [1.54, 1.807) is 24.7 Å². The number of fused-ring (bicyclic) bond motifs is 1. The highest BCUT2D eigenvalue weighted by molar-refractivity contribution is 6.08. The fraction of sp³-hybridized carbons (Fsp3) is 0.238. The summed E-state index contributed by atoms with van der Waals surface area (Å²) in [5, 5.41) is 6.98. The van der Waals surface area contributed by atoms with Gasteiger partial charge in [0.15, 0.2) is 0 Å². The molecule has 28 heavy (non-hydrogen) atoms. The molecule has 3 aromatic rings. The van der Waals surface area contributed by atoms with Gasteiger partial charge in [0.05, 0.1) is 5.56 Å². The molecule has 144 valence electrons. The molecular formula is C21H21FN4O2. The van der Waals surface area contributed by atoms with Crippen LogP contribution in [0.25, 0.3) is 10.8 Å². The summed E-state index contributed by atoms with van der Waals surface area (Å²) in [6, 6.07) is 6.48. The first-order valence-corrected chi connectivity index (χ1v) is 8.99. The van der Waals surface area contributed by atoms with E-state index in [0.717, 1.165) is 5.39 Å². The summed E-state index contributed by atoms with van der Waals surface area (Å²) in [5.41, 5.74) is 0.843. The van der Waals surface area contributed by atoms with Gasteiger partial charge in [-0.15, -0.1) is 0 Å². The Balaban J connectivity index is 1.80. The van der Waals surface area contributed by atoms with Crippen LogP contribution in [0.2, 0.25) is 0 Å². The molecule has 0 bridgehead atoms. The van der Waals surface area contributed by atoms with Crippen molar-refractivity contribution < 1.29 is 14.0 Å². The van der Waals surface area contributed by atoms with Gasteiger partial charge in [-0.25, -0.2) is 4.39 Å². The van der Waals surface area contributed by atoms with E-state index in [9.17, 15) is 14.0 Å². The van der Waals surface area contributed by atoms with E-state index in [0.29, 0.717) is 23.1 Å². The first-order valence-electron chi connectivity index (χ1n) is 8.99. The molecule has 2 amide bonds. The van der Waals surface area contributed by atoms with Crippen LogP contribution in [0.3, 0.4) is 0 Å². The van der Waals surface area contributed by atoms with E-state index in [4.69, 9.17) is 0 Å². The molecular weight excluding hydrogens is 359 g/mol. The Bertz CT molecular complexity index is 984. The van der Waals surface area contributed by atoms with Gasteiger partial charge < -0.3 is 10.6 Å². The van der Waals surface area contributed by atoms with Crippen LogP contribution < -0.4 is 10.6 Å². The third-order valence-electron chi connectivity index (χ3n) is 4.24. The smallest absolute Gasteiger partial charge is 0.254 e. The summed E-state index contributed by atoms with van der Waals surface area (Å²) < 4.78 is 13.1. The number of carbonyl (C=O) groups excluding carboxylic acids is 2. The molecule has 2 N–H and O–H groups in total. The lowest BCUT2D eigenvalue weighted by Gasteiger charge is -2.20. The zero-order valence-corrected chi connectivity index (χ0v) is 15.6. The summed E-state index contributed by atoms with van der Waals surface area (Å²) in [5.74, 6) is -0.949. The van der Waals surface area contributed by atoms with Gasteiger partial charge in [0.25, 0.3) is 5.91 Å². The van der Waals surface area contributed by atoms with Crippen LogP contribution >= 0.6 is 0 Å². The highest BCUT2D eigenvalue weighted by atomic mass is 19.1. The van der Waals surface area contributed by atoms with E-state index in [1.807, 2.05) is 13.8 Å². The second-order valence-corrected chi connectivity index (χ2v) is 6.94. The molecule has 0 aliphatic rings. The monoisotopic (exact) mass is 380 g/mol. The van der Waals surface area contributed by atoms with Crippen LogP contribution in [0, 0.1) is 11.7 Å². The van der Waals surface area contributed by atoms with E-state index >= 15 is 0 Å². The molecule has 1 atom stereocenters. The Morgan fingerprint density at radius 2 is 1.75 bits per heavy atom. The van der Waals surface area contributed by atoms with Crippen molar-refractivity contribution in [3.05, 3.63) is 66.5 Å². The van der Waals surface area contributed by atoms with E-state index in [1.165, 1.54) is 30.5 Å². The Morgan fingerprint density at radius 1 is 1.04 bits per heavy atom. The second-order valence-electron chi connectivity index (χ2n) is 6.94. The van der Waals surface area contributed by atoms with Crippen molar-refractivity contribution in [1.82, 2.24) is 15.3 Å². The van der Waals surface area contributed by atoms with Gasteiger partial charge in [-0.3, -0.25) is 19.6 Å². The minimum Gasteiger partial charge on any atom is -0.340 e. The minimum atomic E-state index is -0.741. The number of anilines is 1. The average Bonchev–Trinajstić information content (AvgIpc) is 2.68. The van der Waals surface area contributed by atoms with Crippen molar-refractivity contribution in [3.63, 3.8) is 0 Å². The number of nitrogens with zero attached hydrogens (tertiary/aromatic N) is 2. The van der Waals surface area contributed by atoms with Gasteiger partial charge in [-0.1, -0.05) is 13.8 Å². The molecule has 0 radical (unpaired) electrons. The van der Waals surface area contributed by atoms with Gasteiger partial charge in [0.1, 0.15) is 11.9 Å². The molecule has 0 saturated carbocycles. The number of rotatable bonds is 6. The average molecular weight is 380 g/mol. The molecule has 0 spiro atoms. The highest BCUT2D eigenvalue weighted by Crippen LogP contribution is 2.17. The van der Waals surface area contributed by atoms with Gasteiger partial charge in [0, 0.05) is 41.2 Å². The lowest BCUT2D eigenvalue weighted by Crippen LogP contribution is -2.44. The molecule has 7 heteroatoms. The maximum absolute atomic E-state index is 13.1. The summed E-state index contributed by atoms with van der Waals surface area (Å²) in [7, 11) is 0. The highest BCUT2D eigenvalue weighted by Gasteiger charge is 2.23. The standard InChI is InChI=1S/C21H21FN4O2/c1-13(2)9-19(21(28)25-16-5-3-15(22)4-6-16)26-20(27)18-12-24-11-14-10-23-8-7-17(14)18/h3-8,10-13,19H,9H2,1-2H3,(H,25,28)(H,26,27)/t19-/m0/s1. The summed E-state index contributed by atoms with van der Waals surface area (Å²) >= 11 is 0. The van der Waals surface area contributed by atoms with Gasteiger partial charge in [-0.05, 0) is 42.7 Å². The van der Waals surface area contributed by atoms with Crippen molar-refractivity contribution in [2.24, 2.45) is 5.92 Å². The predicted octanol–water partition coefficient (Wildman–Crippen LogP) is 3.55. The van der Waals surface area contributed by atoms with Crippen molar-refractivity contribution in [3.8, 4) is 0 Å². The maximum atomic E-state index is 13.1. The number of nitrogens with one attached hydrogen (secondary N) is 2. The van der Waals surface area contributed by atoms with Crippen LogP contribution in [0.5, 0.6) is 0 Å². The van der Waals surface area contributed by atoms with Crippen LogP contribution in [0.1, 0.15) is 30.6 Å². The van der Waals surface area contributed by atoms with Crippen LogP contribution in [0.15, 0.2) is 55.1 Å². The Morgan fingerprint density at radius 3 is 2.46 bits per heavy atom. The first kappa shape index (κ1) is 19.4. The lowest BCUT2D eigenvalue weighted by atomic mass is 10.0. The zero-order valence-electron chi connectivity index (χ0n) is 15.6. The predicted molar refractivity (Wildman–Crippen MR) is 105 cm³/mol. The zero-order chi connectivity index (χ0) is 20.1. The summed E-state index contributed by atoms with van der Waals surface area (Å²) in [6.07, 6.45) is 6.80. The molecule has 1 aromatic carbocycles. The molecule has 0 unspecified atom stereocenters. The minimum absolute atomic E-state index is 0.180. The number of hydrogen-bond acceptors (Lipinski definition) is 4. The van der Waals surface area contributed by atoms with Crippen LogP contribution in [0.4, 0.5) is 10.1 Å². The van der Waals surface area contributed by atoms with E-state index < -0.39 is 6.04 Å². The normalized spacial score (nSPS) is 12.0. The SMILES string of the molecule is CC(C)C[C@H](NC(=O)c1cncc2cnccc12)C(=O)Nc1ccc(F)cc1.